The summed E-state index contributed by atoms with van der Waals surface area (Å²) in [6.45, 7) is 3.11. The molecule has 0 spiro atoms. The fourth-order valence-corrected chi connectivity index (χ4v) is 3.99. The molecule has 1 fully saturated rings. The molecule has 0 aliphatic heterocycles. The van der Waals surface area contributed by atoms with E-state index in [4.69, 9.17) is 5.73 Å². The lowest BCUT2D eigenvalue weighted by Crippen LogP contribution is -2.43. The largest absolute Gasteiger partial charge is 0.329 e. The van der Waals surface area contributed by atoms with Gasteiger partial charge in [-0.25, -0.2) is 0 Å². The standard InChI is InChI=1S/C14H24N2S/c1-11-6-3-4-7-12(11)16(2)13(10-15)14-8-5-9-17-14/h5,8-9,11-13H,3-4,6-7,10,15H2,1-2H3. The molecule has 0 bridgehead atoms. The van der Waals surface area contributed by atoms with Gasteiger partial charge in [0, 0.05) is 17.5 Å². The van der Waals surface area contributed by atoms with Crippen molar-refractivity contribution in [1.29, 1.82) is 0 Å². The van der Waals surface area contributed by atoms with Crippen molar-refractivity contribution in [1.82, 2.24) is 4.90 Å². The zero-order chi connectivity index (χ0) is 12.3. The van der Waals surface area contributed by atoms with Gasteiger partial charge in [-0.05, 0) is 37.3 Å². The molecule has 3 heteroatoms. The van der Waals surface area contributed by atoms with Crippen LogP contribution in [0.4, 0.5) is 0 Å². The van der Waals surface area contributed by atoms with Gasteiger partial charge in [0.2, 0.25) is 0 Å². The van der Waals surface area contributed by atoms with Crippen molar-refractivity contribution in [3.05, 3.63) is 22.4 Å². The first-order chi connectivity index (χ1) is 8.24. The molecule has 1 aliphatic carbocycles. The lowest BCUT2D eigenvalue weighted by molar-refractivity contribution is 0.101. The van der Waals surface area contributed by atoms with E-state index in [-0.39, 0.29) is 0 Å². The van der Waals surface area contributed by atoms with E-state index >= 15 is 0 Å². The summed E-state index contributed by atoms with van der Waals surface area (Å²) in [5.41, 5.74) is 5.98. The Morgan fingerprint density at radius 3 is 2.82 bits per heavy atom. The maximum atomic E-state index is 5.98. The van der Waals surface area contributed by atoms with Crippen LogP contribution in [0.3, 0.4) is 0 Å². The van der Waals surface area contributed by atoms with E-state index in [1.54, 1.807) is 0 Å². The van der Waals surface area contributed by atoms with Crippen LogP contribution in [0.15, 0.2) is 17.5 Å². The zero-order valence-corrected chi connectivity index (χ0v) is 11.7. The Kier molecular flexibility index (Phi) is 4.60. The van der Waals surface area contributed by atoms with E-state index in [0.29, 0.717) is 12.1 Å². The van der Waals surface area contributed by atoms with Crippen molar-refractivity contribution in [3.63, 3.8) is 0 Å². The molecule has 1 aromatic rings. The van der Waals surface area contributed by atoms with Crippen LogP contribution < -0.4 is 5.73 Å². The minimum absolute atomic E-state index is 0.403. The molecule has 96 valence electrons. The molecule has 3 atom stereocenters. The van der Waals surface area contributed by atoms with E-state index in [2.05, 4.69) is 36.4 Å². The fraction of sp³-hybridized carbons (Fsp3) is 0.714. The Hall–Kier alpha value is -0.380. The maximum Gasteiger partial charge on any atom is 0.0564 e. The summed E-state index contributed by atoms with van der Waals surface area (Å²) >= 11 is 1.83. The van der Waals surface area contributed by atoms with Crippen molar-refractivity contribution < 1.29 is 0 Å². The van der Waals surface area contributed by atoms with Gasteiger partial charge in [0.1, 0.15) is 0 Å². The molecule has 2 rings (SSSR count). The van der Waals surface area contributed by atoms with Gasteiger partial charge in [-0.1, -0.05) is 25.8 Å². The topological polar surface area (TPSA) is 29.3 Å². The van der Waals surface area contributed by atoms with Crippen molar-refractivity contribution >= 4 is 11.3 Å². The van der Waals surface area contributed by atoms with E-state index in [9.17, 15) is 0 Å². The van der Waals surface area contributed by atoms with Crippen molar-refractivity contribution in [2.75, 3.05) is 13.6 Å². The molecule has 2 N–H and O–H groups in total. The lowest BCUT2D eigenvalue weighted by Gasteiger charge is -2.40. The van der Waals surface area contributed by atoms with Gasteiger partial charge < -0.3 is 5.73 Å². The van der Waals surface area contributed by atoms with Crippen LogP contribution in [0, 0.1) is 5.92 Å². The third-order valence-corrected chi connectivity index (χ3v) is 5.15. The Morgan fingerprint density at radius 2 is 2.24 bits per heavy atom. The van der Waals surface area contributed by atoms with Gasteiger partial charge in [0.25, 0.3) is 0 Å². The van der Waals surface area contributed by atoms with E-state index < -0.39 is 0 Å². The molecule has 1 heterocycles. The maximum absolute atomic E-state index is 5.98. The van der Waals surface area contributed by atoms with E-state index in [0.717, 1.165) is 12.5 Å². The van der Waals surface area contributed by atoms with Gasteiger partial charge in [-0.15, -0.1) is 11.3 Å². The Bertz CT molecular complexity index is 323. The molecule has 0 radical (unpaired) electrons. The van der Waals surface area contributed by atoms with Gasteiger partial charge in [-0.2, -0.15) is 0 Å². The number of likely N-dealkylation sites (N-methyl/N-ethyl adjacent to an activating group) is 1. The SMILES string of the molecule is CC1CCCCC1N(C)C(CN)c1cccs1. The van der Waals surface area contributed by atoms with Crippen molar-refractivity contribution in [2.24, 2.45) is 11.7 Å². The number of hydrogen-bond donors (Lipinski definition) is 1. The summed E-state index contributed by atoms with van der Waals surface area (Å²) in [6, 6.07) is 5.45. The van der Waals surface area contributed by atoms with Gasteiger partial charge >= 0.3 is 0 Å². The van der Waals surface area contributed by atoms with Gasteiger partial charge in [0.15, 0.2) is 0 Å². The molecule has 1 aromatic heterocycles. The molecule has 0 amide bonds. The van der Waals surface area contributed by atoms with Crippen LogP contribution >= 0.6 is 11.3 Å². The molecule has 3 unspecified atom stereocenters. The summed E-state index contributed by atoms with van der Waals surface area (Å²) in [7, 11) is 2.25. The van der Waals surface area contributed by atoms with E-state index in [1.165, 1.54) is 30.6 Å². The Labute approximate surface area is 109 Å². The molecule has 1 saturated carbocycles. The third kappa shape index (κ3) is 2.90. The second-order valence-corrected chi connectivity index (χ2v) is 6.24. The number of thiophene rings is 1. The van der Waals surface area contributed by atoms with Crippen LogP contribution in [-0.4, -0.2) is 24.5 Å². The van der Waals surface area contributed by atoms with Crippen LogP contribution in [0.2, 0.25) is 0 Å². The average molecular weight is 252 g/mol. The lowest BCUT2D eigenvalue weighted by atomic mass is 9.84. The van der Waals surface area contributed by atoms with Gasteiger partial charge in [-0.3, -0.25) is 4.90 Å². The zero-order valence-electron chi connectivity index (χ0n) is 10.9. The molecular formula is C14H24N2S. The monoisotopic (exact) mass is 252 g/mol. The molecule has 2 nitrogen and oxygen atoms in total. The van der Waals surface area contributed by atoms with Crippen molar-refractivity contribution in [3.8, 4) is 0 Å². The molecule has 17 heavy (non-hydrogen) atoms. The molecule has 0 saturated heterocycles. The predicted molar refractivity (Wildman–Crippen MR) is 75.3 cm³/mol. The first kappa shape index (κ1) is 13.1. The van der Waals surface area contributed by atoms with Gasteiger partial charge in [0.05, 0.1) is 6.04 Å². The summed E-state index contributed by atoms with van der Waals surface area (Å²) in [5.74, 6) is 0.808. The number of nitrogens with two attached hydrogens (primary N) is 1. The minimum Gasteiger partial charge on any atom is -0.329 e. The van der Waals surface area contributed by atoms with Crippen LogP contribution in [-0.2, 0) is 0 Å². The highest BCUT2D eigenvalue weighted by Crippen LogP contribution is 2.33. The Balaban J connectivity index is 2.08. The van der Waals surface area contributed by atoms with E-state index in [1.807, 2.05) is 11.3 Å². The molecular weight excluding hydrogens is 228 g/mol. The Morgan fingerprint density at radius 1 is 1.47 bits per heavy atom. The molecule has 1 aliphatic rings. The highest BCUT2D eigenvalue weighted by atomic mass is 32.1. The summed E-state index contributed by atoms with van der Waals surface area (Å²) in [4.78, 5) is 3.93. The highest BCUT2D eigenvalue weighted by Gasteiger charge is 2.29. The highest BCUT2D eigenvalue weighted by molar-refractivity contribution is 7.10. The fourth-order valence-electron chi connectivity index (χ4n) is 3.10. The summed E-state index contributed by atoms with van der Waals surface area (Å²) < 4.78 is 0. The second kappa shape index (κ2) is 5.98. The number of hydrogen-bond acceptors (Lipinski definition) is 3. The minimum atomic E-state index is 0.403. The quantitative estimate of drug-likeness (QED) is 0.891. The smallest absolute Gasteiger partial charge is 0.0564 e. The summed E-state index contributed by atoms with van der Waals surface area (Å²) in [6.07, 6.45) is 5.48. The summed E-state index contributed by atoms with van der Waals surface area (Å²) in [5, 5.41) is 2.15. The van der Waals surface area contributed by atoms with Crippen molar-refractivity contribution in [2.45, 2.75) is 44.7 Å². The first-order valence-electron chi connectivity index (χ1n) is 6.69. The first-order valence-corrected chi connectivity index (χ1v) is 7.57. The number of rotatable bonds is 4. The predicted octanol–water partition coefficient (Wildman–Crippen LogP) is 3.26. The normalized spacial score (nSPS) is 27.3. The second-order valence-electron chi connectivity index (χ2n) is 5.26. The molecule has 0 aromatic carbocycles. The van der Waals surface area contributed by atoms with Crippen LogP contribution in [0.1, 0.15) is 43.5 Å². The average Bonchev–Trinajstić information content (AvgIpc) is 2.84. The number of nitrogens with zero attached hydrogens (tertiary/aromatic N) is 1. The third-order valence-electron chi connectivity index (χ3n) is 4.18. The van der Waals surface area contributed by atoms with Crippen LogP contribution in [0.5, 0.6) is 0 Å². The van der Waals surface area contributed by atoms with Crippen LogP contribution in [0.25, 0.3) is 0 Å².